The minimum Gasteiger partial charge on any atom is -0.384 e. The van der Waals surface area contributed by atoms with Crippen LogP contribution < -0.4 is 5.32 Å². The average molecular weight is 352 g/mol. The molecule has 0 saturated heterocycles. The second kappa shape index (κ2) is 6.84. The summed E-state index contributed by atoms with van der Waals surface area (Å²) in [7, 11) is 0. The van der Waals surface area contributed by atoms with Crippen molar-refractivity contribution in [2.24, 2.45) is 5.41 Å². The van der Waals surface area contributed by atoms with Crippen molar-refractivity contribution >= 4 is 11.6 Å². The highest BCUT2D eigenvalue weighted by atomic mass is 19.4. The molecular weight excluding hydrogens is 333 g/mol. The summed E-state index contributed by atoms with van der Waals surface area (Å²) >= 11 is 0. The molecule has 0 aliphatic heterocycles. The lowest BCUT2D eigenvalue weighted by molar-refractivity contribution is -0.139. The summed E-state index contributed by atoms with van der Waals surface area (Å²) in [6.45, 7) is 5.11. The van der Waals surface area contributed by atoms with Gasteiger partial charge in [0.1, 0.15) is 6.10 Å². The van der Waals surface area contributed by atoms with Crippen LogP contribution in [-0.4, -0.2) is 16.0 Å². The molecule has 1 amide bonds. The predicted octanol–water partition coefficient (Wildman–Crippen LogP) is 4.17. The number of nitrogens with zero attached hydrogens (tertiary/aromatic N) is 1. The first-order valence-corrected chi connectivity index (χ1v) is 7.61. The number of halogens is 3. The Bertz CT molecular complexity index is 767. The molecule has 0 spiro atoms. The number of carbonyl (C=O) groups excluding carboxylic acids is 1. The number of amides is 1. The maximum Gasteiger partial charge on any atom is 0.416 e. The summed E-state index contributed by atoms with van der Waals surface area (Å²) in [5, 5.41) is 13.2. The number of pyridine rings is 1. The molecule has 0 aliphatic rings. The molecule has 1 aromatic carbocycles. The first-order valence-electron chi connectivity index (χ1n) is 7.61. The lowest BCUT2D eigenvalue weighted by Gasteiger charge is -2.22. The lowest BCUT2D eigenvalue weighted by atomic mass is 9.94. The number of carbonyl (C=O) groups is 1. The van der Waals surface area contributed by atoms with Crippen LogP contribution in [-0.2, 0) is 11.0 Å². The first kappa shape index (κ1) is 18.9. The Balaban J connectivity index is 2.46. The smallest absolute Gasteiger partial charge is 0.384 e. The molecule has 0 saturated carbocycles. The number of anilines is 1. The third-order valence-corrected chi connectivity index (χ3v) is 3.64. The number of hydrogen-bond acceptors (Lipinski definition) is 3. The van der Waals surface area contributed by atoms with E-state index in [0.29, 0.717) is 0 Å². The van der Waals surface area contributed by atoms with Gasteiger partial charge in [0.25, 0.3) is 0 Å². The van der Waals surface area contributed by atoms with Gasteiger partial charge in [0.2, 0.25) is 5.91 Å². The van der Waals surface area contributed by atoms with Crippen LogP contribution in [0.1, 0.15) is 43.6 Å². The van der Waals surface area contributed by atoms with Crippen LogP contribution in [0.15, 0.2) is 42.7 Å². The monoisotopic (exact) mass is 352 g/mol. The van der Waals surface area contributed by atoms with Crippen LogP contribution in [0.2, 0.25) is 0 Å². The number of alkyl halides is 3. The van der Waals surface area contributed by atoms with E-state index in [1.807, 2.05) is 0 Å². The Morgan fingerprint density at radius 3 is 2.36 bits per heavy atom. The molecule has 7 heteroatoms. The minimum atomic E-state index is -4.60. The van der Waals surface area contributed by atoms with Gasteiger partial charge in [0, 0.05) is 17.2 Å². The van der Waals surface area contributed by atoms with Gasteiger partial charge in [0.15, 0.2) is 0 Å². The van der Waals surface area contributed by atoms with E-state index in [4.69, 9.17) is 0 Å². The van der Waals surface area contributed by atoms with Gasteiger partial charge in [-0.1, -0.05) is 39.0 Å². The molecule has 0 aliphatic carbocycles. The van der Waals surface area contributed by atoms with Gasteiger partial charge in [-0.2, -0.15) is 13.2 Å². The molecule has 134 valence electrons. The fraction of sp³-hybridized carbons (Fsp3) is 0.333. The van der Waals surface area contributed by atoms with Crippen molar-refractivity contribution in [1.29, 1.82) is 0 Å². The Hall–Kier alpha value is -2.41. The lowest BCUT2D eigenvalue weighted by Crippen LogP contribution is -2.28. The van der Waals surface area contributed by atoms with Crippen molar-refractivity contribution in [2.75, 3.05) is 5.32 Å². The Morgan fingerprint density at radius 2 is 1.76 bits per heavy atom. The van der Waals surface area contributed by atoms with Crippen LogP contribution in [0.4, 0.5) is 18.9 Å². The highest BCUT2D eigenvalue weighted by molar-refractivity contribution is 5.95. The molecular formula is C18H19F3N2O2. The molecule has 2 N–H and O–H groups in total. The maximum atomic E-state index is 13.2. The van der Waals surface area contributed by atoms with Crippen LogP contribution in [0.3, 0.4) is 0 Å². The standard InChI is InChI=1S/C18H19F3N2O2/c1-17(2,3)16(25)23-14-10-22-9-8-12(14)15(24)11-6-4-5-7-13(11)18(19,20)21/h4-10,15,24H,1-3H3,(H,23,25). The number of aromatic nitrogens is 1. The number of hydrogen-bond donors (Lipinski definition) is 2. The summed E-state index contributed by atoms with van der Waals surface area (Å²) < 4.78 is 39.6. The van der Waals surface area contributed by atoms with E-state index in [1.165, 1.54) is 36.7 Å². The SMILES string of the molecule is CC(C)(C)C(=O)Nc1cnccc1C(O)c1ccccc1C(F)(F)F. The number of benzene rings is 1. The number of aliphatic hydroxyl groups excluding tert-OH is 1. The van der Waals surface area contributed by atoms with Crippen molar-refractivity contribution in [3.05, 3.63) is 59.4 Å². The topological polar surface area (TPSA) is 62.2 Å². The maximum absolute atomic E-state index is 13.2. The highest BCUT2D eigenvalue weighted by Crippen LogP contribution is 2.38. The average Bonchev–Trinajstić information content (AvgIpc) is 2.53. The van der Waals surface area contributed by atoms with E-state index in [-0.39, 0.29) is 22.7 Å². The molecule has 25 heavy (non-hydrogen) atoms. The number of nitrogens with one attached hydrogen (secondary N) is 1. The van der Waals surface area contributed by atoms with Crippen LogP contribution in [0, 0.1) is 5.41 Å². The Morgan fingerprint density at radius 1 is 1.12 bits per heavy atom. The van der Waals surface area contributed by atoms with Gasteiger partial charge in [-0.25, -0.2) is 0 Å². The Labute approximate surface area is 143 Å². The van der Waals surface area contributed by atoms with Gasteiger partial charge in [-0.15, -0.1) is 0 Å². The quantitative estimate of drug-likeness (QED) is 0.872. The van der Waals surface area contributed by atoms with E-state index in [1.54, 1.807) is 20.8 Å². The van der Waals surface area contributed by atoms with Crippen molar-refractivity contribution in [3.63, 3.8) is 0 Å². The van der Waals surface area contributed by atoms with E-state index in [0.717, 1.165) is 6.07 Å². The van der Waals surface area contributed by atoms with Gasteiger partial charge in [-0.05, 0) is 17.7 Å². The van der Waals surface area contributed by atoms with E-state index in [2.05, 4.69) is 10.3 Å². The van der Waals surface area contributed by atoms with Crippen molar-refractivity contribution < 1.29 is 23.1 Å². The van der Waals surface area contributed by atoms with Crippen molar-refractivity contribution in [1.82, 2.24) is 4.98 Å². The highest BCUT2D eigenvalue weighted by Gasteiger charge is 2.35. The zero-order chi connectivity index (χ0) is 18.8. The first-order chi connectivity index (χ1) is 11.5. The van der Waals surface area contributed by atoms with Crippen LogP contribution in [0.5, 0.6) is 0 Å². The van der Waals surface area contributed by atoms with Gasteiger partial charge >= 0.3 is 6.18 Å². The normalized spacial score (nSPS) is 13.4. The number of aliphatic hydroxyl groups is 1. The summed E-state index contributed by atoms with van der Waals surface area (Å²) in [5.74, 6) is -0.335. The van der Waals surface area contributed by atoms with Crippen molar-refractivity contribution in [3.8, 4) is 0 Å². The molecule has 1 atom stereocenters. The zero-order valence-corrected chi connectivity index (χ0v) is 14.1. The minimum absolute atomic E-state index is 0.143. The predicted molar refractivity (Wildman–Crippen MR) is 87.8 cm³/mol. The third kappa shape index (κ3) is 4.36. The largest absolute Gasteiger partial charge is 0.416 e. The second-order valence-corrected chi connectivity index (χ2v) is 6.65. The fourth-order valence-electron chi connectivity index (χ4n) is 2.22. The molecule has 1 aromatic heterocycles. The molecule has 1 unspecified atom stereocenters. The fourth-order valence-corrected chi connectivity index (χ4v) is 2.22. The molecule has 0 bridgehead atoms. The summed E-state index contributed by atoms with van der Waals surface area (Å²) in [4.78, 5) is 16.1. The molecule has 0 radical (unpaired) electrons. The summed E-state index contributed by atoms with van der Waals surface area (Å²) in [6.07, 6.45) is -3.50. The molecule has 2 aromatic rings. The van der Waals surface area contributed by atoms with E-state index >= 15 is 0 Å². The molecule has 2 rings (SSSR count). The van der Waals surface area contributed by atoms with Gasteiger partial charge in [-0.3, -0.25) is 9.78 Å². The van der Waals surface area contributed by atoms with Gasteiger partial charge < -0.3 is 10.4 Å². The van der Waals surface area contributed by atoms with E-state index in [9.17, 15) is 23.1 Å². The molecule has 1 heterocycles. The van der Waals surface area contributed by atoms with Crippen LogP contribution >= 0.6 is 0 Å². The third-order valence-electron chi connectivity index (χ3n) is 3.64. The van der Waals surface area contributed by atoms with Crippen molar-refractivity contribution in [2.45, 2.75) is 33.1 Å². The zero-order valence-electron chi connectivity index (χ0n) is 14.1. The summed E-state index contributed by atoms with van der Waals surface area (Å²) in [5.41, 5.74) is -1.60. The van der Waals surface area contributed by atoms with Crippen LogP contribution in [0.25, 0.3) is 0 Å². The summed E-state index contributed by atoms with van der Waals surface area (Å²) in [6, 6.07) is 6.18. The Kier molecular flexibility index (Phi) is 5.17. The number of rotatable bonds is 3. The van der Waals surface area contributed by atoms with E-state index < -0.39 is 23.3 Å². The molecule has 0 fully saturated rings. The molecule has 4 nitrogen and oxygen atoms in total. The van der Waals surface area contributed by atoms with Gasteiger partial charge in [0.05, 0.1) is 17.4 Å². The second-order valence-electron chi connectivity index (χ2n) is 6.65.